The maximum absolute atomic E-state index is 12.5. The Balaban J connectivity index is 1.75. The Kier molecular flexibility index (Phi) is 5.13. The first-order chi connectivity index (χ1) is 12.5. The highest BCUT2D eigenvalue weighted by Crippen LogP contribution is 2.17. The number of aromatic hydroxyl groups is 2. The summed E-state index contributed by atoms with van der Waals surface area (Å²) in [5.74, 6) is -0.0131. The lowest BCUT2D eigenvalue weighted by Gasteiger charge is -2.06. The summed E-state index contributed by atoms with van der Waals surface area (Å²) in [5, 5.41) is 19.0. The van der Waals surface area contributed by atoms with Gasteiger partial charge in [0, 0.05) is 24.0 Å². The third kappa shape index (κ3) is 4.36. The predicted molar refractivity (Wildman–Crippen MR) is 98.7 cm³/mol. The van der Waals surface area contributed by atoms with Gasteiger partial charge in [0.25, 0.3) is 0 Å². The number of rotatable bonds is 6. The van der Waals surface area contributed by atoms with Crippen LogP contribution in [0.4, 0.5) is 0 Å². The summed E-state index contributed by atoms with van der Waals surface area (Å²) in [4.78, 5) is 25.0. The average Bonchev–Trinajstić information content (AvgIpc) is 2.62. The SMILES string of the molecule is O=C(Cc1cccc(O)c1)c1cccc(C(=O)Cc2cccc(O)c2)c1. The fourth-order valence-electron chi connectivity index (χ4n) is 2.77. The van der Waals surface area contributed by atoms with Crippen LogP contribution in [0.5, 0.6) is 11.5 Å². The van der Waals surface area contributed by atoms with Crippen molar-refractivity contribution in [3.63, 3.8) is 0 Å². The summed E-state index contributed by atoms with van der Waals surface area (Å²) in [6.45, 7) is 0. The third-order valence-corrected chi connectivity index (χ3v) is 4.06. The van der Waals surface area contributed by atoms with Crippen LogP contribution in [0.15, 0.2) is 72.8 Å². The van der Waals surface area contributed by atoms with E-state index in [2.05, 4.69) is 0 Å². The Hall–Kier alpha value is -3.40. The van der Waals surface area contributed by atoms with Crippen molar-refractivity contribution in [1.29, 1.82) is 0 Å². The van der Waals surface area contributed by atoms with Gasteiger partial charge >= 0.3 is 0 Å². The molecule has 0 bridgehead atoms. The van der Waals surface area contributed by atoms with Gasteiger partial charge in [0.1, 0.15) is 11.5 Å². The molecule has 0 aliphatic carbocycles. The Bertz CT molecular complexity index is 885. The van der Waals surface area contributed by atoms with Gasteiger partial charge in [-0.3, -0.25) is 9.59 Å². The van der Waals surface area contributed by atoms with Crippen molar-refractivity contribution in [3.05, 3.63) is 95.1 Å². The molecule has 0 heterocycles. The topological polar surface area (TPSA) is 74.6 Å². The number of hydrogen-bond donors (Lipinski definition) is 2. The predicted octanol–water partition coefficient (Wildman–Crippen LogP) is 3.95. The van der Waals surface area contributed by atoms with E-state index in [1.54, 1.807) is 72.8 Å². The minimum atomic E-state index is -0.123. The molecule has 3 aromatic carbocycles. The van der Waals surface area contributed by atoms with Crippen molar-refractivity contribution in [1.82, 2.24) is 0 Å². The summed E-state index contributed by atoms with van der Waals surface area (Å²) in [6.07, 6.45) is 0.303. The Morgan fingerprint density at radius 1 is 0.615 bits per heavy atom. The molecular formula is C22H18O4. The van der Waals surface area contributed by atoms with Crippen LogP contribution in [0.2, 0.25) is 0 Å². The molecule has 0 aliphatic heterocycles. The molecule has 0 saturated carbocycles. The number of carbonyl (C=O) groups excluding carboxylic acids is 2. The maximum atomic E-state index is 12.5. The quantitative estimate of drug-likeness (QED) is 0.663. The maximum Gasteiger partial charge on any atom is 0.167 e. The molecule has 4 nitrogen and oxygen atoms in total. The summed E-state index contributed by atoms with van der Waals surface area (Å²) >= 11 is 0. The van der Waals surface area contributed by atoms with Crippen LogP contribution < -0.4 is 0 Å². The van der Waals surface area contributed by atoms with Crippen molar-refractivity contribution in [2.75, 3.05) is 0 Å². The molecular weight excluding hydrogens is 328 g/mol. The van der Waals surface area contributed by atoms with Crippen molar-refractivity contribution in [3.8, 4) is 11.5 Å². The molecule has 0 amide bonds. The molecule has 0 aromatic heterocycles. The minimum absolute atomic E-state index is 0.116. The highest BCUT2D eigenvalue weighted by Gasteiger charge is 2.12. The first-order valence-electron chi connectivity index (χ1n) is 8.23. The van der Waals surface area contributed by atoms with Crippen LogP contribution in [0, 0.1) is 0 Å². The molecule has 0 spiro atoms. The van der Waals surface area contributed by atoms with Gasteiger partial charge in [-0.1, -0.05) is 42.5 Å². The van der Waals surface area contributed by atoms with Gasteiger partial charge in [-0.15, -0.1) is 0 Å². The van der Waals surface area contributed by atoms with Gasteiger partial charge < -0.3 is 10.2 Å². The van der Waals surface area contributed by atoms with Crippen LogP contribution in [-0.4, -0.2) is 21.8 Å². The number of hydrogen-bond acceptors (Lipinski definition) is 4. The van der Waals surface area contributed by atoms with E-state index in [0.717, 1.165) is 0 Å². The van der Waals surface area contributed by atoms with E-state index in [4.69, 9.17) is 0 Å². The number of ketones is 2. The van der Waals surface area contributed by atoms with Gasteiger partial charge in [-0.2, -0.15) is 0 Å². The number of phenolic OH excluding ortho intramolecular Hbond substituents is 2. The number of carbonyl (C=O) groups is 2. The molecule has 3 aromatic rings. The molecule has 130 valence electrons. The van der Waals surface area contributed by atoms with E-state index in [1.165, 1.54) is 0 Å². The van der Waals surface area contributed by atoms with Crippen LogP contribution in [0.1, 0.15) is 31.8 Å². The summed E-state index contributed by atoms with van der Waals surface area (Å²) in [5.41, 5.74) is 2.34. The first kappa shape index (κ1) is 17.4. The highest BCUT2D eigenvalue weighted by atomic mass is 16.3. The molecule has 0 aliphatic rings. The normalized spacial score (nSPS) is 10.5. The second kappa shape index (κ2) is 7.66. The van der Waals surface area contributed by atoms with Crippen molar-refractivity contribution in [2.24, 2.45) is 0 Å². The largest absolute Gasteiger partial charge is 0.508 e. The smallest absolute Gasteiger partial charge is 0.167 e. The molecule has 26 heavy (non-hydrogen) atoms. The van der Waals surface area contributed by atoms with Crippen LogP contribution >= 0.6 is 0 Å². The molecule has 3 rings (SSSR count). The van der Waals surface area contributed by atoms with Crippen molar-refractivity contribution < 1.29 is 19.8 Å². The number of benzene rings is 3. The zero-order valence-electron chi connectivity index (χ0n) is 14.1. The zero-order chi connectivity index (χ0) is 18.5. The summed E-state index contributed by atoms with van der Waals surface area (Å²) < 4.78 is 0. The standard InChI is InChI=1S/C22H18O4/c23-19-8-1-4-15(10-19)12-21(25)17-6-3-7-18(14-17)22(26)13-16-5-2-9-20(24)11-16/h1-11,14,23-24H,12-13H2. The van der Waals surface area contributed by atoms with E-state index >= 15 is 0 Å². The lowest BCUT2D eigenvalue weighted by molar-refractivity contribution is 0.0992. The molecule has 0 radical (unpaired) electrons. The zero-order valence-corrected chi connectivity index (χ0v) is 14.1. The molecule has 0 saturated heterocycles. The van der Waals surface area contributed by atoms with E-state index in [1.807, 2.05) is 0 Å². The Morgan fingerprint density at radius 3 is 1.46 bits per heavy atom. The molecule has 0 fully saturated rings. The monoisotopic (exact) mass is 346 g/mol. The van der Waals surface area contributed by atoms with Crippen LogP contribution in [-0.2, 0) is 12.8 Å². The summed E-state index contributed by atoms with van der Waals surface area (Å²) in [7, 11) is 0. The van der Waals surface area contributed by atoms with Gasteiger partial charge in [-0.05, 0) is 41.5 Å². The fourth-order valence-corrected chi connectivity index (χ4v) is 2.77. The lowest BCUT2D eigenvalue weighted by Crippen LogP contribution is -2.08. The summed E-state index contributed by atoms with van der Waals surface area (Å²) in [6, 6.07) is 19.8. The van der Waals surface area contributed by atoms with Crippen molar-refractivity contribution >= 4 is 11.6 Å². The third-order valence-electron chi connectivity index (χ3n) is 4.06. The Labute approximate surface area is 151 Å². The van der Waals surface area contributed by atoms with Crippen LogP contribution in [0.25, 0.3) is 0 Å². The molecule has 2 N–H and O–H groups in total. The second-order valence-electron chi connectivity index (χ2n) is 6.12. The molecule has 0 unspecified atom stereocenters. The van der Waals surface area contributed by atoms with Gasteiger partial charge in [0.2, 0.25) is 0 Å². The van der Waals surface area contributed by atoms with Gasteiger partial charge in [0.05, 0.1) is 0 Å². The van der Waals surface area contributed by atoms with E-state index < -0.39 is 0 Å². The average molecular weight is 346 g/mol. The van der Waals surface area contributed by atoms with Gasteiger partial charge in [0.15, 0.2) is 11.6 Å². The number of Topliss-reactive ketones (excluding diaryl/α,β-unsaturated/α-hetero) is 2. The van der Waals surface area contributed by atoms with Crippen LogP contribution in [0.3, 0.4) is 0 Å². The molecule has 0 atom stereocenters. The first-order valence-corrected chi connectivity index (χ1v) is 8.23. The lowest BCUT2D eigenvalue weighted by atomic mass is 9.97. The molecule has 4 heteroatoms. The second-order valence-corrected chi connectivity index (χ2v) is 6.12. The van der Waals surface area contributed by atoms with Crippen molar-refractivity contribution in [2.45, 2.75) is 12.8 Å². The highest BCUT2D eigenvalue weighted by molar-refractivity contribution is 6.02. The van der Waals surface area contributed by atoms with E-state index in [9.17, 15) is 19.8 Å². The van der Waals surface area contributed by atoms with E-state index in [0.29, 0.717) is 22.3 Å². The fraction of sp³-hybridized carbons (Fsp3) is 0.0909. The van der Waals surface area contributed by atoms with E-state index in [-0.39, 0.29) is 35.9 Å². The minimum Gasteiger partial charge on any atom is -0.508 e. The number of phenols is 2. The Morgan fingerprint density at radius 2 is 1.04 bits per heavy atom. The van der Waals surface area contributed by atoms with Gasteiger partial charge in [-0.25, -0.2) is 0 Å².